The molecule has 11 heteroatoms. The predicted molar refractivity (Wildman–Crippen MR) is 177 cm³/mol. The monoisotopic (exact) mass is 632 g/mol. The van der Waals surface area contributed by atoms with Gasteiger partial charge in [0.1, 0.15) is 16.5 Å². The standard InChI is InChI=1S/C32H36N6O2S3/c1-32(2,3)21-10-15-24-25(16-21)43-28-26(24)27-33-35-30(41-17-19-6-11-22(39-4)12-7-19)37(27)29-34-36-31(38(28)29)42-18-20-8-13-23(40-5)14-9-20/h6-9,11-14,21,27,33H,10,15-18H2,1-5H3/t21-,27?/m0/s1. The molecular weight excluding hydrogens is 597 g/mol. The van der Waals surface area contributed by atoms with Crippen LogP contribution in [0.4, 0.5) is 5.95 Å². The number of anilines is 1. The summed E-state index contributed by atoms with van der Waals surface area (Å²) in [7, 11) is 3.39. The van der Waals surface area contributed by atoms with E-state index in [1.165, 1.54) is 38.6 Å². The Labute approximate surface area is 265 Å². The van der Waals surface area contributed by atoms with Gasteiger partial charge in [-0.2, -0.15) is 5.10 Å². The summed E-state index contributed by atoms with van der Waals surface area (Å²) >= 11 is 5.37. The molecule has 0 spiro atoms. The van der Waals surface area contributed by atoms with Gasteiger partial charge in [0.15, 0.2) is 16.5 Å². The van der Waals surface area contributed by atoms with Gasteiger partial charge in [-0.25, -0.2) is 4.57 Å². The van der Waals surface area contributed by atoms with E-state index in [1.54, 1.807) is 37.7 Å². The van der Waals surface area contributed by atoms with Gasteiger partial charge in [-0.1, -0.05) is 68.6 Å². The second-order valence-corrected chi connectivity index (χ2v) is 15.2. The molecule has 0 fully saturated rings. The van der Waals surface area contributed by atoms with Crippen molar-refractivity contribution in [3.63, 3.8) is 0 Å². The molecule has 2 aromatic carbocycles. The normalized spacial score (nSPS) is 18.7. The van der Waals surface area contributed by atoms with Gasteiger partial charge in [-0.3, -0.25) is 10.3 Å². The number of nitrogens with zero attached hydrogens (tertiary/aromatic N) is 5. The summed E-state index contributed by atoms with van der Waals surface area (Å²) in [6.45, 7) is 7.13. The molecule has 1 aliphatic carbocycles. The van der Waals surface area contributed by atoms with Crippen molar-refractivity contribution in [3.8, 4) is 16.5 Å². The number of hydrogen-bond donors (Lipinski definition) is 1. The third-order valence-electron chi connectivity index (χ3n) is 8.62. The van der Waals surface area contributed by atoms with Crippen molar-refractivity contribution >= 4 is 46.0 Å². The van der Waals surface area contributed by atoms with Gasteiger partial charge in [0.05, 0.1) is 14.2 Å². The number of thioether (sulfide) groups is 2. The van der Waals surface area contributed by atoms with Crippen LogP contribution in [-0.4, -0.2) is 34.2 Å². The number of thiophene rings is 1. The minimum absolute atomic E-state index is 0.0734. The molecule has 1 unspecified atom stereocenters. The summed E-state index contributed by atoms with van der Waals surface area (Å²) in [5.41, 5.74) is 9.05. The SMILES string of the molecule is COc1ccc(CSC2=NNC3c4c(sc5c4CC[C@H](C(C)(C)C)C5)-n4c(SCc5ccc(OC)cc5)nnc4N23)cc1. The highest BCUT2D eigenvalue weighted by atomic mass is 32.2. The van der Waals surface area contributed by atoms with Crippen LogP contribution in [0.1, 0.15) is 60.5 Å². The molecule has 7 rings (SSSR count). The lowest BCUT2D eigenvalue weighted by molar-refractivity contribution is 0.217. The van der Waals surface area contributed by atoms with Gasteiger partial charge < -0.3 is 9.47 Å². The van der Waals surface area contributed by atoms with Gasteiger partial charge in [-0.05, 0) is 71.6 Å². The molecule has 8 nitrogen and oxygen atoms in total. The van der Waals surface area contributed by atoms with Crippen molar-refractivity contribution < 1.29 is 9.47 Å². The Morgan fingerprint density at radius 2 is 1.58 bits per heavy atom. The largest absolute Gasteiger partial charge is 0.497 e. The number of aromatic nitrogens is 3. The first kappa shape index (κ1) is 28.6. The Bertz CT molecular complexity index is 1660. The molecule has 3 aliphatic rings. The second kappa shape index (κ2) is 11.4. The van der Waals surface area contributed by atoms with E-state index in [9.17, 15) is 0 Å². The smallest absolute Gasteiger partial charge is 0.241 e. The lowest BCUT2D eigenvalue weighted by Crippen LogP contribution is -2.38. The van der Waals surface area contributed by atoms with E-state index in [0.29, 0.717) is 5.92 Å². The molecule has 0 bridgehead atoms. The van der Waals surface area contributed by atoms with Gasteiger partial charge in [-0.15, -0.1) is 21.5 Å². The molecule has 0 saturated heterocycles. The topological polar surface area (TPSA) is 76.8 Å². The fraction of sp³-hybridized carbons (Fsp3) is 0.406. The van der Waals surface area contributed by atoms with Crippen molar-refractivity contribution in [3.05, 3.63) is 75.7 Å². The molecule has 224 valence electrons. The zero-order chi connectivity index (χ0) is 29.7. The highest BCUT2D eigenvalue weighted by Gasteiger charge is 2.45. The van der Waals surface area contributed by atoms with Crippen LogP contribution in [0.15, 0.2) is 58.8 Å². The summed E-state index contributed by atoms with van der Waals surface area (Å²) < 4.78 is 13.0. The number of ether oxygens (including phenoxy) is 2. The summed E-state index contributed by atoms with van der Waals surface area (Å²) in [5, 5.41) is 17.4. The number of methoxy groups -OCH3 is 2. The number of fused-ring (bicyclic) bond motifs is 8. The highest BCUT2D eigenvalue weighted by Crippen LogP contribution is 2.51. The van der Waals surface area contributed by atoms with E-state index in [-0.39, 0.29) is 11.6 Å². The van der Waals surface area contributed by atoms with Gasteiger partial charge in [0.25, 0.3) is 0 Å². The maximum atomic E-state index is 5.35. The number of rotatable bonds is 7. The van der Waals surface area contributed by atoms with E-state index in [0.717, 1.165) is 52.1 Å². The molecule has 1 N–H and O–H groups in total. The molecule has 2 aromatic heterocycles. The molecule has 0 amide bonds. The Morgan fingerprint density at radius 3 is 2.21 bits per heavy atom. The van der Waals surface area contributed by atoms with Crippen LogP contribution < -0.4 is 19.8 Å². The zero-order valence-electron chi connectivity index (χ0n) is 25.1. The van der Waals surface area contributed by atoms with Crippen LogP contribution in [0.5, 0.6) is 11.5 Å². The van der Waals surface area contributed by atoms with Crippen molar-refractivity contribution in [1.82, 2.24) is 20.2 Å². The molecular formula is C32H36N6O2S3. The van der Waals surface area contributed by atoms with E-state index < -0.39 is 0 Å². The zero-order valence-corrected chi connectivity index (χ0v) is 27.5. The van der Waals surface area contributed by atoms with Crippen LogP contribution in [0.2, 0.25) is 0 Å². The quantitative estimate of drug-likeness (QED) is 0.211. The number of hydrazone groups is 1. The molecule has 0 radical (unpaired) electrons. The minimum atomic E-state index is -0.0734. The summed E-state index contributed by atoms with van der Waals surface area (Å²) in [6.07, 6.45) is 3.35. The van der Waals surface area contributed by atoms with Crippen molar-refractivity contribution in [2.45, 2.75) is 62.9 Å². The number of benzene rings is 2. The molecule has 2 atom stereocenters. The molecule has 0 saturated carbocycles. The Morgan fingerprint density at radius 1 is 0.930 bits per heavy atom. The predicted octanol–water partition coefficient (Wildman–Crippen LogP) is 7.42. The van der Waals surface area contributed by atoms with E-state index in [1.807, 2.05) is 35.6 Å². The van der Waals surface area contributed by atoms with E-state index >= 15 is 0 Å². The fourth-order valence-electron chi connectivity index (χ4n) is 6.05. The number of hydrogen-bond acceptors (Lipinski definition) is 10. The van der Waals surface area contributed by atoms with E-state index in [2.05, 4.69) is 59.9 Å². The first-order valence-electron chi connectivity index (χ1n) is 14.6. The molecule has 4 aromatic rings. The maximum absolute atomic E-state index is 5.35. The highest BCUT2D eigenvalue weighted by molar-refractivity contribution is 8.13. The fourth-order valence-corrected chi connectivity index (χ4v) is 9.38. The lowest BCUT2D eigenvalue weighted by atomic mass is 9.72. The molecule has 43 heavy (non-hydrogen) atoms. The van der Waals surface area contributed by atoms with Gasteiger partial charge >= 0.3 is 0 Å². The van der Waals surface area contributed by atoms with Crippen LogP contribution >= 0.6 is 34.9 Å². The number of amidine groups is 1. The first-order valence-corrected chi connectivity index (χ1v) is 17.4. The van der Waals surface area contributed by atoms with Crippen LogP contribution in [0.3, 0.4) is 0 Å². The Kier molecular flexibility index (Phi) is 7.59. The summed E-state index contributed by atoms with van der Waals surface area (Å²) in [4.78, 5) is 3.76. The van der Waals surface area contributed by atoms with Crippen molar-refractivity contribution in [1.29, 1.82) is 0 Å². The average molecular weight is 633 g/mol. The van der Waals surface area contributed by atoms with Crippen molar-refractivity contribution in [2.75, 3.05) is 19.1 Å². The molecule has 4 heterocycles. The second-order valence-electron chi connectivity index (χ2n) is 12.2. The molecule has 2 aliphatic heterocycles. The third-order valence-corrected chi connectivity index (χ3v) is 11.9. The Hall–Kier alpha value is -3.15. The van der Waals surface area contributed by atoms with Crippen molar-refractivity contribution in [2.24, 2.45) is 16.4 Å². The van der Waals surface area contributed by atoms with Gasteiger partial charge in [0.2, 0.25) is 5.95 Å². The van der Waals surface area contributed by atoms with E-state index in [4.69, 9.17) is 24.8 Å². The first-order chi connectivity index (χ1) is 20.8. The maximum Gasteiger partial charge on any atom is 0.241 e. The lowest BCUT2D eigenvalue weighted by Gasteiger charge is -2.35. The minimum Gasteiger partial charge on any atom is -0.497 e. The summed E-state index contributed by atoms with van der Waals surface area (Å²) in [6, 6.07) is 16.5. The van der Waals surface area contributed by atoms with Gasteiger partial charge in [0, 0.05) is 21.9 Å². The van der Waals surface area contributed by atoms with Crippen LogP contribution in [-0.2, 0) is 24.3 Å². The third kappa shape index (κ3) is 5.29. The summed E-state index contributed by atoms with van der Waals surface area (Å²) in [5.74, 6) is 4.81. The van der Waals surface area contributed by atoms with Crippen LogP contribution in [0, 0.1) is 11.3 Å². The van der Waals surface area contributed by atoms with Crippen LogP contribution in [0.25, 0.3) is 5.00 Å². The Balaban J connectivity index is 1.22. The number of nitrogens with one attached hydrogen (secondary N) is 1. The average Bonchev–Trinajstić information content (AvgIpc) is 3.73.